The summed E-state index contributed by atoms with van der Waals surface area (Å²) in [5.41, 5.74) is 0.156. The summed E-state index contributed by atoms with van der Waals surface area (Å²) in [4.78, 5) is 13.6. The van der Waals surface area contributed by atoms with Crippen LogP contribution in [0.2, 0.25) is 0 Å². The van der Waals surface area contributed by atoms with E-state index in [0.29, 0.717) is 25.1 Å². The van der Waals surface area contributed by atoms with Crippen LogP contribution in [0.25, 0.3) is 0 Å². The number of hydrogen-bond donors (Lipinski definition) is 1. The molecule has 6 nitrogen and oxygen atoms in total. The maximum Gasteiger partial charge on any atom is 0.410 e. The number of sulfonamides is 1. The molecule has 1 atom stereocenters. The molecule has 1 amide bonds. The van der Waals surface area contributed by atoms with Crippen LogP contribution in [0.4, 0.5) is 4.79 Å². The van der Waals surface area contributed by atoms with Crippen molar-refractivity contribution < 1.29 is 17.9 Å². The van der Waals surface area contributed by atoms with Crippen molar-refractivity contribution in [3.63, 3.8) is 0 Å². The molecular weight excluding hydrogens is 396 g/mol. The summed E-state index contributed by atoms with van der Waals surface area (Å²) in [6, 6.07) is 6.88. The van der Waals surface area contributed by atoms with Crippen LogP contribution >= 0.6 is 15.9 Å². The number of likely N-dealkylation sites (tertiary alicyclic amines) is 1. The molecule has 0 bridgehead atoms. The molecule has 1 N–H and O–H groups in total. The van der Waals surface area contributed by atoms with Crippen molar-refractivity contribution in [1.82, 2.24) is 9.62 Å². The molecule has 1 aliphatic rings. The molecule has 134 valence electrons. The fourth-order valence-electron chi connectivity index (χ4n) is 2.44. The first-order chi connectivity index (χ1) is 11.0. The molecule has 0 aromatic heterocycles. The third kappa shape index (κ3) is 6.07. The quantitative estimate of drug-likeness (QED) is 0.815. The summed E-state index contributed by atoms with van der Waals surface area (Å²) in [6.45, 7) is 6.23. The van der Waals surface area contributed by atoms with E-state index in [9.17, 15) is 13.2 Å². The lowest BCUT2D eigenvalue weighted by atomic mass is 10.2. The number of carbonyl (C=O) groups is 1. The van der Waals surface area contributed by atoms with Crippen LogP contribution in [0.1, 0.15) is 32.8 Å². The van der Waals surface area contributed by atoms with Gasteiger partial charge in [-0.25, -0.2) is 17.9 Å². The van der Waals surface area contributed by atoms with E-state index >= 15 is 0 Å². The van der Waals surface area contributed by atoms with Gasteiger partial charge in [0, 0.05) is 23.6 Å². The molecule has 24 heavy (non-hydrogen) atoms. The third-order valence-electron chi connectivity index (χ3n) is 3.46. The van der Waals surface area contributed by atoms with Crippen LogP contribution in [-0.2, 0) is 20.5 Å². The summed E-state index contributed by atoms with van der Waals surface area (Å²) in [5.74, 6) is -0.0801. The lowest BCUT2D eigenvalue weighted by Crippen LogP contribution is -2.40. The number of nitrogens with zero attached hydrogens (tertiary/aromatic N) is 1. The smallest absolute Gasteiger partial charge is 0.410 e. The number of rotatable bonds is 4. The average Bonchev–Trinajstić information content (AvgIpc) is 2.87. The average molecular weight is 419 g/mol. The largest absolute Gasteiger partial charge is 0.444 e. The Labute approximate surface area is 151 Å². The van der Waals surface area contributed by atoms with Crippen molar-refractivity contribution in [3.05, 3.63) is 34.3 Å². The number of benzene rings is 1. The Morgan fingerprint density at radius 1 is 1.33 bits per heavy atom. The summed E-state index contributed by atoms with van der Waals surface area (Å²) in [7, 11) is -3.46. The van der Waals surface area contributed by atoms with Gasteiger partial charge >= 0.3 is 6.09 Å². The van der Waals surface area contributed by atoms with Gasteiger partial charge in [0.15, 0.2) is 0 Å². The van der Waals surface area contributed by atoms with Crippen LogP contribution in [0.5, 0.6) is 0 Å². The number of ether oxygens (including phenoxy) is 1. The highest BCUT2D eigenvalue weighted by Crippen LogP contribution is 2.17. The van der Waals surface area contributed by atoms with E-state index in [1.165, 1.54) is 4.90 Å². The molecule has 2 rings (SSSR count). The van der Waals surface area contributed by atoms with Gasteiger partial charge in [-0.1, -0.05) is 28.1 Å². The van der Waals surface area contributed by atoms with Crippen LogP contribution in [0.15, 0.2) is 28.7 Å². The third-order valence-corrected chi connectivity index (χ3v) is 5.39. The van der Waals surface area contributed by atoms with Crippen molar-refractivity contribution in [3.8, 4) is 0 Å². The Morgan fingerprint density at radius 3 is 2.54 bits per heavy atom. The van der Waals surface area contributed by atoms with Gasteiger partial charge < -0.3 is 9.64 Å². The van der Waals surface area contributed by atoms with Crippen molar-refractivity contribution in [2.75, 3.05) is 13.1 Å². The zero-order valence-electron chi connectivity index (χ0n) is 14.1. The molecule has 1 fully saturated rings. The van der Waals surface area contributed by atoms with Crippen molar-refractivity contribution in [1.29, 1.82) is 0 Å². The minimum absolute atomic E-state index is 0.0801. The second-order valence-corrected chi connectivity index (χ2v) is 9.58. The zero-order valence-corrected chi connectivity index (χ0v) is 16.5. The van der Waals surface area contributed by atoms with Crippen LogP contribution in [0, 0.1) is 0 Å². The Hall–Kier alpha value is -1.12. The summed E-state index contributed by atoms with van der Waals surface area (Å²) in [5, 5.41) is 0. The van der Waals surface area contributed by atoms with Gasteiger partial charge in [-0.05, 0) is 44.9 Å². The minimum atomic E-state index is -3.46. The van der Waals surface area contributed by atoms with Gasteiger partial charge in [0.25, 0.3) is 0 Å². The zero-order chi connectivity index (χ0) is 18.0. The standard InChI is InChI=1S/C16H23BrN2O4S/c1-16(2,3)23-15(20)19-9-8-14(10-19)18-24(21,22)11-12-4-6-13(17)7-5-12/h4-7,14,18H,8-11H2,1-3H3/t14-/m0/s1. The van der Waals surface area contributed by atoms with Crippen LogP contribution in [0.3, 0.4) is 0 Å². The van der Waals surface area contributed by atoms with Crippen molar-refractivity contribution >= 4 is 32.0 Å². The summed E-state index contributed by atoms with van der Waals surface area (Å²) in [6.07, 6.45) is 0.177. The van der Waals surface area contributed by atoms with Gasteiger partial charge in [0.05, 0.1) is 5.75 Å². The topological polar surface area (TPSA) is 75.7 Å². The van der Waals surface area contributed by atoms with Crippen molar-refractivity contribution in [2.45, 2.75) is 44.6 Å². The second-order valence-electron chi connectivity index (χ2n) is 6.92. The number of nitrogens with one attached hydrogen (secondary N) is 1. The van der Waals surface area contributed by atoms with Gasteiger partial charge in [-0.2, -0.15) is 0 Å². The van der Waals surface area contributed by atoms with E-state index in [4.69, 9.17) is 4.74 Å². The Morgan fingerprint density at radius 2 is 1.96 bits per heavy atom. The highest BCUT2D eigenvalue weighted by Gasteiger charge is 2.31. The fourth-order valence-corrected chi connectivity index (χ4v) is 4.12. The Balaban J connectivity index is 1.89. The van der Waals surface area contributed by atoms with E-state index in [0.717, 1.165) is 4.47 Å². The minimum Gasteiger partial charge on any atom is -0.444 e. The number of amides is 1. The SMILES string of the molecule is CC(C)(C)OC(=O)N1CC[C@H](NS(=O)(=O)Cc2ccc(Br)cc2)C1. The lowest BCUT2D eigenvalue weighted by molar-refractivity contribution is 0.0292. The maximum absolute atomic E-state index is 12.3. The van der Waals surface area contributed by atoms with Gasteiger partial charge in [0.2, 0.25) is 10.0 Å². The predicted octanol–water partition coefficient (Wildman–Crippen LogP) is 2.88. The summed E-state index contributed by atoms with van der Waals surface area (Å²) >= 11 is 3.32. The second kappa shape index (κ2) is 7.41. The molecule has 0 aliphatic carbocycles. The number of carbonyl (C=O) groups excluding carboxylic acids is 1. The van der Waals surface area contributed by atoms with Crippen LogP contribution in [-0.4, -0.2) is 44.1 Å². The Bertz CT molecular complexity index is 683. The molecule has 8 heteroatoms. The number of halogens is 1. The summed E-state index contributed by atoms with van der Waals surface area (Å²) < 4.78 is 33.5. The Kier molecular flexibility index (Phi) is 5.93. The van der Waals surface area contributed by atoms with E-state index in [2.05, 4.69) is 20.7 Å². The molecule has 0 unspecified atom stereocenters. The lowest BCUT2D eigenvalue weighted by Gasteiger charge is -2.24. The van der Waals surface area contributed by atoms with Crippen molar-refractivity contribution in [2.24, 2.45) is 0 Å². The molecule has 1 aliphatic heterocycles. The highest BCUT2D eigenvalue weighted by atomic mass is 79.9. The molecule has 0 saturated carbocycles. The first-order valence-electron chi connectivity index (χ1n) is 7.76. The van der Waals surface area contributed by atoms with Crippen LogP contribution < -0.4 is 4.72 Å². The van der Waals surface area contributed by atoms with E-state index in [1.807, 2.05) is 12.1 Å². The molecule has 1 saturated heterocycles. The number of hydrogen-bond acceptors (Lipinski definition) is 4. The van der Waals surface area contributed by atoms with E-state index < -0.39 is 21.7 Å². The van der Waals surface area contributed by atoms with Gasteiger partial charge in [-0.3, -0.25) is 0 Å². The molecule has 0 spiro atoms. The maximum atomic E-state index is 12.3. The first-order valence-corrected chi connectivity index (χ1v) is 10.2. The molecular formula is C16H23BrN2O4S. The van der Waals surface area contributed by atoms with Gasteiger partial charge in [0.1, 0.15) is 5.60 Å². The molecule has 0 radical (unpaired) electrons. The monoisotopic (exact) mass is 418 g/mol. The highest BCUT2D eigenvalue weighted by molar-refractivity contribution is 9.10. The van der Waals surface area contributed by atoms with E-state index in [-0.39, 0.29) is 11.8 Å². The first kappa shape index (κ1) is 19.2. The fraction of sp³-hybridized carbons (Fsp3) is 0.562. The van der Waals surface area contributed by atoms with E-state index in [1.54, 1.807) is 32.9 Å². The molecule has 1 aromatic carbocycles. The molecule has 1 aromatic rings. The molecule has 1 heterocycles. The normalized spacial score (nSPS) is 18.7. The van der Waals surface area contributed by atoms with Gasteiger partial charge in [-0.15, -0.1) is 0 Å². The predicted molar refractivity (Wildman–Crippen MR) is 96.1 cm³/mol.